The van der Waals surface area contributed by atoms with Crippen LogP contribution >= 0.6 is 11.6 Å². The third-order valence-corrected chi connectivity index (χ3v) is 3.96. The number of nitrogens with zero attached hydrogens (tertiary/aromatic N) is 2. The number of hydrogen-bond donors (Lipinski definition) is 0. The Morgan fingerprint density at radius 3 is 2.56 bits per heavy atom. The van der Waals surface area contributed by atoms with Crippen LogP contribution in [0, 0.1) is 10.1 Å². The van der Waals surface area contributed by atoms with Crippen LogP contribution in [0.3, 0.4) is 0 Å². The molecule has 1 heterocycles. The summed E-state index contributed by atoms with van der Waals surface area (Å²) < 4.78 is 9.73. The molecule has 0 aliphatic carbocycles. The molecule has 27 heavy (non-hydrogen) atoms. The van der Waals surface area contributed by atoms with E-state index in [2.05, 4.69) is 9.73 Å². The number of aliphatic imine (C=N–C) groups is 1. The Kier molecular flexibility index (Phi) is 5.00. The standard InChI is InChI=1S/C18H11ClN2O6/c1-26-17(22)11-4-2-10(3-5-11)8-15-18(23)27-16(20-15)13-7-6-12(21(24)25)9-14(13)19/h2-9H,1H3/b15-8+. The molecule has 1 aliphatic rings. The predicted octanol–water partition coefficient (Wildman–Crippen LogP) is 3.38. The van der Waals surface area contributed by atoms with E-state index in [1.165, 1.54) is 25.3 Å². The summed E-state index contributed by atoms with van der Waals surface area (Å²) in [6.07, 6.45) is 1.48. The second kappa shape index (κ2) is 7.38. The van der Waals surface area contributed by atoms with Crippen LogP contribution in [-0.2, 0) is 14.3 Å². The molecule has 0 atom stereocenters. The van der Waals surface area contributed by atoms with Crippen molar-refractivity contribution in [2.45, 2.75) is 0 Å². The summed E-state index contributed by atoms with van der Waals surface area (Å²) in [6.45, 7) is 0. The molecule has 0 spiro atoms. The van der Waals surface area contributed by atoms with E-state index in [-0.39, 0.29) is 27.9 Å². The van der Waals surface area contributed by atoms with Gasteiger partial charge in [0, 0.05) is 12.1 Å². The van der Waals surface area contributed by atoms with Gasteiger partial charge in [-0.3, -0.25) is 10.1 Å². The molecule has 1 aliphatic heterocycles. The van der Waals surface area contributed by atoms with Gasteiger partial charge in [0.15, 0.2) is 5.70 Å². The van der Waals surface area contributed by atoms with E-state index in [4.69, 9.17) is 16.3 Å². The van der Waals surface area contributed by atoms with Crippen molar-refractivity contribution >= 4 is 41.2 Å². The maximum atomic E-state index is 12.0. The average Bonchev–Trinajstić information content (AvgIpc) is 3.01. The first kappa shape index (κ1) is 18.3. The molecule has 0 saturated heterocycles. The van der Waals surface area contributed by atoms with E-state index in [1.807, 2.05) is 0 Å². The van der Waals surface area contributed by atoms with Gasteiger partial charge < -0.3 is 9.47 Å². The summed E-state index contributed by atoms with van der Waals surface area (Å²) in [5.74, 6) is -1.20. The number of non-ortho nitro benzene ring substituents is 1. The van der Waals surface area contributed by atoms with E-state index in [0.29, 0.717) is 11.1 Å². The molecule has 9 heteroatoms. The van der Waals surface area contributed by atoms with Gasteiger partial charge in [-0.2, -0.15) is 0 Å². The first-order valence-electron chi connectivity index (χ1n) is 7.54. The third-order valence-electron chi connectivity index (χ3n) is 3.65. The fraction of sp³-hybridized carbons (Fsp3) is 0.0556. The molecule has 0 N–H and O–H groups in total. The highest BCUT2D eigenvalue weighted by atomic mass is 35.5. The molecule has 8 nitrogen and oxygen atoms in total. The van der Waals surface area contributed by atoms with Crippen LogP contribution in [0.25, 0.3) is 6.08 Å². The van der Waals surface area contributed by atoms with E-state index in [0.717, 1.165) is 6.07 Å². The molecule has 136 valence electrons. The van der Waals surface area contributed by atoms with Gasteiger partial charge in [0.2, 0.25) is 5.90 Å². The fourth-order valence-corrected chi connectivity index (χ4v) is 2.56. The summed E-state index contributed by atoms with van der Waals surface area (Å²) in [5, 5.41) is 10.8. The molecule has 3 rings (SSSR count). The number of benzene rings is 2. The van der Waals surface area contributed by atoms with Gasteiger partial charge >= 0.3 is 11.9 Å². The molecule has 0 aromatic heterocycles. The number of nitro benzene ring substituents is 1. The fourth-order valence-electron chi connectivity index (χ4n) is 2.31. The van der Waals surface area contributed by atoms with Crippen LogP contribution in [0.15, 0.2) is 53.2 Å². The second-order valence-corrected chi connectivity index (χ2v) is 5.78. The molecule has 0 radical (unpaired) electrons. The van der Waals surface area contributed by atoms with Gasteiger partial charge in [-0.15, -0.1) is 0 Å². The maximum Gasteiger partial charge on any atom is 0.363 e. The lowest BCUT2D eigenvalue weighted by Gasteiger charge is -2.02. The monoisotopic (exact) mass is 386 g/mol. The number of nitro groups is 1. The van der Waals surface area contributed by atoms with Crippen molar-refractivity contribution in [3.8, 4) is 0 Å². The van der Waals surface area contributed by atoms with Gasteiger partial charge in [0.25, 0.3) is 5.69 Å². The molecular formula is C18H11ClN2O6. The van der Waals surface area contributed by atoms with Crippen molar-refractivity contribution in [2.24, 2.45) is 4.99 Å². The predicted molar refractivity (Wildman–Crippen MR) is 96.5 cm³/mol. The Labute approximate surface area is 157 Å². The quantitative estimate of drug-likeness (QED) is 0.345. The third kappa shape index (κ3) is 3.85. The first-order valence-corrected chi connectivity index (χ1v) is 7.92. The maximum absolute atomic E-state index is 12.0. The number of carbonyl (C=O) groups is 2. The molecular weight excluding hydrogens is 376 g/mol. The molecule has 0 unspecified atom stereocenters. The highest BCUT2D eigenvalue weighted by Gasteiger charge is 2.26. The number of methoxy groups -OCH3 is 1. The molecule has 2 aromatic rings. The van der Waals surface area contributed by atoms with E-state index < -0.39 is 16.9 Å². The Balaban J connectivity index is 1.89. The Morgan fingerprint density at radius 1 is 1.26 bits per heavy atom. The summed E-state index contributed by atoms with van der Waals surface area (Å²) in [6, 6.07) is 10.1. The van der Waals surface area contributed by atoms with Crippen LogP contribution in [0.1, 0.15) is 21.5 Å². The zero-order valence-corrected chi connectivity index (χ0v) is 14.6. The van der Waals surface area contributed by atoms with Crippen molar-refractivity contribution in [3.05, 3.63) is 80.0 Å². The number of ether oxygens (including phenoxy) is 2. The number of rotatable bonds is 4. The average molecular weight is 387 g/mol. The first-order chi connectivity index (χ1) is 12.9. The molecule has 0 saturated carbocycles. The minimum atomic E-state index is -0.684. The van der Waals surface area contributed by atoms with Crippen molar-refractivity contribution in [1.82, 2.24) is 0 Å². The zero-order chi connectivity index (χ0) is 19.6. The Hall–Kier alpha value is -3.52. The summed E-state index contributed by atoms with van der Waals surface area (Å²) >= 11 is 6.03. The van der Waals surface area contributed by atoms with E-state index in [1.54, 1.807) is 24.3 Å². The van der Waals surface area contributed by atoms with Crippen molar-refractivity contribution in [2.75, 3.05) is 7.11 Å². The van der Waals surface area contributed by atoms with E-state index in [9.17, 15) is 19.7 Å². The van der Waals surface area contributed by atoms with Crippen molar-refractivity contribution in [1.29, 1.82) is 0 Å². The number of esters is 2. The number of carbonyl (C=O) groups excluding carboxylic acids is 2. The van der Waals surface area contributed by atoms with Gasteiger partial charge in [0.05, 0.1) is 28.2 Å². The normalized spacial score (nSPS) is 14.7. The van der Waals surface area contributed by atoms with Crippen LogP contribution in [0.2, 0.25) is 5.02 Å². The lowest BCUT2D eigenvalue weighted by molar-refractivity contribution is -0.384. The Morgan fingerprint density at radius 2 is 1.96 bits per heavy atom. The zero-order valence-electron chi connectivity index (χ0n) is 13.8. The molecule has 0 amide bonds. The highest BCUT2D eigenvalue weighted by molar-refractivity contribution is 6.34. The summed E-state index contributed by atoms with van der Waals surface area (Å²) in [7, 11) is 1.28. The van der Waals surface area contributed by atoms with Crippen LogP contribution in [0.5, 0.6) is 0 Å². The summed E-state index contributed by atoms with van der Waals surface area (Å²) in [4.78, 5) is 37.8. The SMILES string of the molecule is COC(=O)c1ccc(/C=C2/N=C(c3ccc([N+](=O)[O-])cc3Cl)OC2=O)cc1. The topological polar surface area (TPSA) is 108 Å². The second-order valence-electron chi connectivity index (χ2n) is 5.37. The van der Waals surface area contributed by atoms with Crippen molar-refractivity contribution in [3.63, 3.8) is 0 Å². The minimum absolute atomic E-state index is 0.0326. The van der Waals surface area contributed by atoms with Gasteiger partial charge in [-0.25, -0.2) is 14.6 Å². The van der Waals surface area contributed by atoms with Gasteiger partial charge in [0.1, 0.15) is 0 Å². The smallest absolute Gasteiger partial charge is 0.363 e. The molecule has 0 bridgehead atoms. The highest BCUT2D eigenvalue weighted by Crippen LogP contribution is 2.27. The lowest BCUT2D eigenvalue weighted by atomic mass is 10.1. The number of halogens is 1. The van der Waals surface area contributed by atoms with Gasteiger partial charge in [-0.05, 0) is 29.8 Å². The largest absolute Gasteiger partial charge is 0.465 e. The Bertz CT molecular complexity index is 1010. The molecule has 2 aromatic carbocycles. The van der Waals surface area contributed by atoms with Crippen LogP contribution in [-0.4, -0.2) is 29.9 Å². The lowest BCUT2D eigenvalue weighted by Crippen LogP contribution is -2.06. The summed E-state index contributed by atoms with van der Waals surface area (Å²) in [5.41, 5.74) is 1.10. The number of cyclic esters (lactones) is 1. The molecule has 0 fully saturated rings. The van der Waals surface area contributed by atoms with E-state index >= 15 is 0 Å². The van der Waals surface area contributed by atoms with Gasteiger partial charge in [-0.1, -0.05) is 23.7 Å². The minimum Gasteiger partial charge on any atom is -0.465 e. The van der Waals surface area contributed by atoms with Crippen LogP contribution in [0.4, 0.5) is 5.69 Å². The number of hydrogen-bond acceptors (Lipinski definition) is 7. The van der Waals surface area contributed by atoms with Crippen molar-refractivity contribution < 1.29 is 24.0 Å². The van der Waals surface area contributed by atoms with Crippen LogP contribution < -0.4 is 0 Å².